The van der Waals surface area contributed by atoms with E-state index in [1.165, 1.54) is 11.8 Å². The van der Waals surface area contributed by atoms with Gasteiger partial charge in [-0.1, -0.05) is 23.4 Å². The van der Waals surface area contributed by atoms with Gasteiger partial charge in [0.05, 0.1) is 11.6 Å². The van der Waals surface area contributed by atoms with Gasteiger partial charge in [-0.15, -0.1) is 21.5 Å². The average molecular weight is 330 g/mol. The summed E-state index contributed by atoms with van der Waals surface area (Å²) in [4.78, 5) is 14.4. The zero-order valence-electron chi connectivity index (χ0n) is 10.5. The summed E-state index contributed by atoms with van der Waals surface area (Å²) in [6, 6.07) is 1.88. The number of carbonyl (C=O) groups excluding carboxylic acids is 1. The number of halogens is 1. The fraction of sp³-hybridized carbons (Fsp3) is 0.417. The van der Waals surface area contributed by atoms with Crippen LogP contribution in [0.1, 0.15) is 23.6 Å². The van der Waals surface area contributed by atoms with Gasteiger partial charge < -0.3 is 9.32 Å². The number of likely N-dealkylation sites (tertiary alicyclic amines) is 1. The summed E-state index contributed by atoms with van der Waals surface area (Å²) in [5.74, 6) is 1.35. The van der Waals surface area contributed by atoms with Crippen molar-refractivity contribution in [2.24, 2.45) is 0 Å². The van der Waals surface area contributed by atoms with Crippen LogP contribution in [0.2, 0.25) is 5.02 Å². The highest BCUT2D eigenvalue weighted by Gasteiger charge is 2.22. The summed E-state index contributed by atoms with van der Waals surface area (Å²) >= 11 is 9.09. The van der Waals surface area contributed by atoms with Crippen molar-refractivity contribution in [2.45, 2.75) is 30.4 Å². The maximum Gasteiger partial charge on any atom is 0.277 e. The van der Waals surface area contributed by atoms with E-state index >= 15 is 0 Å². The zero-order valence-corrected chi connectivity index (χ0v) is 12.9. The second kappa shape index (κ2) is 6.15. The first kappa shape index (κ1) is 13.9. The third kappa shape index (κ3) is 3.16. The van der Waals surface area contributed by atoms with Crippen LogP contribution in [0.15, 0.2) is 21.1 Å². The number of rotatable bonds is 5. The van der Waals surface area contributed by atoms with Gasteiger partial charge in [-0.05, 0) is 17.9 Å². The van der Waals surface area contributed by atoms with Gasteiger partial charge in [0.2, 0.25) is 11.8 Å². The van der Waals surface area contributed by atoms with E-state index in [0.29, 0.717) is 29.8 Å². The van der Waals surface area contributed by atoms with Gasteiger partial charge in [0.25, 0.3) is 5.22 Å². The Morgan fingerprint density at radius 2 is 2.40 bits per heavy atom. The lowest BCUT2D eigenvalue weighted by molar-refractivity contribution is -0.128. The van der Waals surface area contributed by atoms with Crippen LogP contribution < -0.4 is 0 Å². The molecule has 0 aromatic carbocycles. The molecular weight excluding hydrogens is 318 g/mol. The first-order valence-electron chi connectivity index (χ1n) is 6.17. The number of amides is 1. The van der Waals surface area contributed by atoms with E-state index in [1.807, 2.05) is 11.4 Å². The fourth-order valence-corrected chi connectivity index (χ4v) is 4.03. The largest absolute Gasteiger partial charge is 0.414 e. The molecule has 1 aliphatic rings. The Kier molecular flexibility index (Phi) is 4.28. The lowest BCUT2D eigenvalue weighted by Crippen LogP contribution is -2.23. The molecule has 2 aromatic rings. The van der Waals surface area contributed by atoms with Crippen molar-refractivity contribution in [1.82, 2.24) is 15.1 Å². The van der Waals surface area contributed by atoms with Crippen molar-refractivity contribution >= 4 is 40.6 Å². The van der Waals surface area contributed by atoms with Crippen LogP contribution in [-0.2, 0) is 17.1 Å². The molecule has 1 fully saturated rings. The average Bonchev–Trinajstić information content (AvgIpc) is 3.12. The molecule has 0 saturated carbocycles. The molecule has 1 amide bonds. The van der Waals surface area contributed by atoms with E-state index < -0.39 is 0 Å². The molecule has 1 saturated heterocycles. The molecule has 0 spiro atoms. The van der Waals surface area contributed by atoms with Crippen molar-refractivity contribution in [1.29, 1.82) is 0 Å². The number of aromatic nitrogens is 2. The molecule has 0 N–H and O–H groups in total. The van der Waals surface area contributed by atoms with Gasteiger partial charge in [-0.2, -0.15) is 0 Å². The molecule has 1 aliphatic heterocycles. The van der Waals surface area contributed by atoms with Crippen molar-refractivity contribution < 1.29 is 9.21 Å². The molecular formula is C12H12ClN3O2S2. The molecule has 0 unspecified atom stereocenters. The molecule has 20 heavy (non-hydrogen) atoms. The standard InChI is InChI=1S/C12H12ClN3O2S2/c13-8-3-5-19-9(8)7-20-12-15-14-10(18-12)6-16-4-1-2-11(16)17/h3,5H,1-2,4,6-7H2. The molecule has 0 atom stereocenters. The van der Waals surface area contributed by atoms with Gasteiger partial charge in [-0.25, -0.2) is 0 Å². The summed E-state index contributed by atoms with van der Waals surface area (Å²) in [5, 5.41) is 11.2. The number of thioether (sulfide) groups is 1. The minimum atomic E-state index is 0.155. The monoisotopic (exact) mass is 329 g/mol. The first-order chi connectivity index (χ1) is 9.72. The fourth-order valence-electron chi connectivity index (χ4n) is 1.95. The second-order valence-electron chi connectivity index (χ2n) is 4.36. The van der Waals surface area contributed by atoms with Crippen molar-refractivity contribution in [3.8, 4) is 0 Å². The van der Waals surface area contributed by atoms with Crippen LogP contribution in [0.4, 0.5) is 0 Å². The van der Waals surface area contributed by atoms with Crippen molar-refractivity contribution in [2.75, 3.05) is 6.54 Å². The van der Waals surface area contributed by atoms with Crippen LogP contribution in [0.25, 0.3) is 0 Å². The highest BCUT2D eigenvalue weighted by Crippen LogP contribution is 2.29. The van der Waals surface area contributed by atoms with E-state index in [1.54, 1.807) is 16.2 Å². The summed E-state index contributed by atoms with van der Waals surface area (Å²) in [5.41, 5.74) is 0. The van der Waals surface area contributed by atoms with E-state index in [9.17, 15) is 4.79 Å². The Hall–Kier alpha value is -1.05. The Bertz CT molecular complexity index is 613. The highest BCUT2D eigenvalue weighted by atomic mass is 35.5. The lowest BCUT2D eigenvalue weighted by Gasteiger charge is -2.11. The van der Waals surface area contributed by atoms with E-state index in [4.69, 9.17) is 16.0 Å². The Balaban J connectivity index is 1.56. The van der Waals surface area contributed by atoms with Gasteiger partial charge in [-0.3, -0.25) is 4.79 Å². The molecule has 106 valence electrons. The predicted molar refractivity (Wildman–Crippen MR) is 77.8 cm³/mol. The summed E-state index contributed by atoms with van der Waals surface area (Å²) < 4.78 is 5.54. The Morgan fingerprint density at radius 3 is 3.10 bits per heavy atom. The maximum atomic E-state index is 11.5. The van der Waals surface area contributed by atoms with E-state index in [0.717, 1.165) is 22.9 Å². The molecule has 0 radical (unpaired) electrons. The molecule has 5 nitrogen and oxygen atoms in total. The normalized spacial score (nSPS) is 15.2. The quantitative estimate of drug-likeness (QED) is 0.788. The molecule has 0 bridgehead atoms. The van der Waals surface area contributed by atoms with Crippen LogP contribution in [0.5, 0.6) is 0 Å². The minimum Gasteiger partial charge on any atom is -0.414 e. The maximum absolute atomic E-state index is 11.5. The van der Waals surface area contributed by atoms with Gasteiger partial charge in [0, 0.05) is 23.6 Å². The van der Waals surface area contributed by atoms with E-state index in [2.05, 4.69) is 10.2 Å². The Labute approximate surface area is 129 Å². The topological polar surface area (TPSA) is 59.2 Å². The lowest BCUT2D eigenvalue weighted by atomic mass is 10.4. The number of hydrogen-bond acceptors (Lipinski definition) is 6. The molecule has 8 heteroatoms. The molecule has 3 rings (SSSR count). The van der Waals surface area contributed by atoms with Crippen LogP contribution in [0, 0.1) is 0 Å². The molecule has 2 aromatic heterocycles. The van der Waals surface area contributed by atoms with Gasteiger partial charge in [0.15, 0.2) is 0 Å². The number of thiophene rings is 1. The van der Waals surface area contributed by atoms with Crippen molar-refractivity contribution in [3.05, 3.63) is 27.2 Å². The Morgan fingerprint density at radius 1 is 1.50 bits per heavy atom. The van der Waals surface area contributed by atoms with E-state index in [-0.39, 0.29) is 5.91 Å². The zero-order chi connectivity index (χ0) is 13.9. The smallest absolute Gasteiger partial charge is 0.277 e. The number of hydrogen-bond donors (Lipinski definition) is 0. The summed E-state index contributed by atoms with van der Waals surface area (Å²) in [7, 11) is 0. The third-order valence-electron chi connectivity index (χ3n) is 2.96. The predicted octanol–water partition coefficient (Wildman–Crippen LogP) is 3.20. The van der Waals surface area contributed by atoms with Gasteiger partial charge in [0.1, 0.15) is 0 Å². The summed E-state index contributed by atoms with van der Waals surface area (Å²) in [6.45, 7) is 1.18. The number of nitrogens with zero attached hydrogens (tertiary/aromatic N) is 3. The SMILES string of the molecule is O=C1CCCN1Cc1nnc(SCc2sccc2Cl)o1. The van der Waals surface area contributed by atoms with Gasteiger partial charge >= 0.3 is 0 Å². The minimum absolute atomic E-state index is 0.155. The van der Waals surface area contributed by atoms with Crippen LogP contribution in [-0.4, -0.2) is 27.5 Å². The molecule has 3 heterocycles. The van der Waals surface area contributed by atoms with Crippen molar-refractivity contribution in [3.63, 3.8) is 0 Å². The third-order valence-corrected chi connectivity index (χ3v) is 5.38. The number of carbonyl (C=O) groups is 1. The highest BCUT2D eigenvalue weighted by molar-refractivity contribution is 7.98. The van der Waals surface area contributed by atoms with Crippen LogP contribution in [0.3, 0.4) is 0 Å². The summed E-state index contributed by atoms with van der Waals surface area (Å²) in [6.07, 6.45) is 1.53. The second-order valence-corrected chi connectivity index (χ2v) is 6.70. The first-order valence-corrected chi connectivity index (χ1v) is 8.41. The van der Waals surface area contributed by atoms with Crippen LogP contribution >= 0.6 is 34.7 Å². The molecule has 0 aliphatic carbocycles.